The lowest BCUT2D eigenvalue weighted by Gasteiger charge is -2.10. The van der Waals surface area contributed by atoms with E-state index < -0.39 is 0 Å². The molecule has 1 aliphatic heterocycles. The highest BCUT2D eigenvalue weighted by atomic mass is 16.5. The van der Waals surface area contributed by atoms with Crippen molar-refractivity contribution in [3.05, 3.63) is 17.5 Å². The Morgan fingerprint density at radius 2 is 2.47 bits per heavy atom. The minimum absolute atomic E-state index is 0.0964. The van der Waals surface area contributed by atoms with E-state index in [1.807, 2.05) is 17.8 Å². The van der Waals surface area contributed by atoms with Crippen molar-refractivity contribution >= 4 is 5.91 Å². The van der Waals surface area contributed by atoms with Gasteiger partial charge in [-0.3, -0.25) is 9.48 Å². The van der Waals surface area contributed by atoms with Crippen LogP contribution in [0.15, 0.2) is 6.20 Å². The molecular formula is C14H23N3O2. The maximum Gasteiger partial charge on any atom is 0.220 e. The van der Waals surface area contributed by atoms with E-state index >= 15 is 0 Å². The van der Waals surface area contributed by atoms with Gasteiger partial charge in [-0.25, -0.2) is 0 Å². The highest BCUT2D eigenvalue weighted by Gasteiger charge is 2.16. The van der Waals surface area contributed by atoms with Gasteiger partial charge in [-0.2, -0.15) is 5.10 Å². The molecule has 1 aromatic rings. The smallest absolute Gasteiger partial charge is 0.220 e. The quantitative estimate of drug-likeness (QED) is 0.846. The van der Waals surface area contributed by atoms with E-state index in [0.717, 1.165) is 43.7 Å². The first kappa shape index (κ1) is 14.1. The van der Waals surface area contributed by atoms with Crippen LogP contribution < -0.4 is 5.32 Å². The number of ether oxygens (including phenoxy) is 1. The molecule has 0 unspecified atom stereocenters. The predicted molar refractivity (Wildman–Crippen MR) is 72.9 cm³/mol. The van der Waals surface area contributed by atoms with Gasteiger partial charge in [0, 0.05) is 32.3 Å². The van der Waals surface area contributed by atoms with Crippen LogP contribution in [0.2, 0.25) is 0 Å². The summed E-state index contributed by atoms with van der Waals surface area (Å²) in [5.41, 5.74) is 2.18. The van der Waals surface area contributed by atoms with Crippen molar-refractivity contribution in [3.63, 3.8) is 0 Å². The molecule has 0 aromatic carbocycles. The van der Waals surface area contributed by atoms with Gasteiger partial charge in [0.15, 0.2) is 0 Å². The average molecular weight is 265 g/mol. The van der Waals surface area contributed by atoms with Crippen LogP contribution in [0.4, 0.5) is 0 Å². The number of rotatable bonds is 6. The molecular weight excluding hydrogens is 242 g/mol. The van der Waals surface area contributed by atoms with Crippen LogP contribution in [0, 0.1) is 6.92 Å². The topological polar surface area (TPSA) is 56.2 Å². The third kappa shape index (κ3) is 4.06. The normalized spacial score (nSPS) is 18.7. The molecule has 5 nitrogen and oxygen atoms in total. The SMILES string of the molecule is CCn1cc(CCC(=O)NC[C@@H]2CCCO2)c(C)n1. The number of amides is 1. The predicted octanol–water partition coefficient (Wildman–Crippen LogP) is 1.44. The highest BCUT2D eigenvalue weighted by Crippen LogP contribution is 2.11. The van der Waals surface area contributed by atoms with Crippen molar-refractivity contribution in [2.45, 2.75) is 52.2 Å². The molecule has 0 saturated carbocycles. The number of nitrogens with one attached hydrogen (secondary N) is 1. The van der Waals surface area contributed by atoms with Crippen molar-refractivity contribution in [2.24, 2.45) is 0 Å². The van der Waals surface area contributed by atoms with Crippen molar-refractivity contribution < 1.29 is 9.53 Å². The van der Waals surface area contributed by atoms with E-state index in [1.165, 1.54) is 0 Å². The Balaban J connectivity index is 1.71. The molecule has 106 valence electrons. The van der Waals surface area contributed by atoms with Crippen molar-refractivity contribution in [3.8, 4) is 0 Å². The van der Waals surface area contributed by atoms with Crippen LogP contribution >= 0.6 is 0 Å². The summed E-state index contributed by atoms with van der Waals surface area (Å²) in [6.07, 6.45) is 5.68. The minimum Gasteiger partial charge on any atom is -0.376 e. The molecule has 5 heteroatoms. The molecule has 1 fully saturated rings. The summed E-state index contributed by atoms with van der Waals surface area (Å²) in [6.45, 7) is 6.39. The molecule has 19 heavy (non-hydrogen) atoms. The summed E-state index contributed by atoms with van der Waals surface area (Å²) in [6, 6.07) is 0. The van der Waals surface area contributed by atoms with Gasteiger partial charge in [0.25, 0.3) is 0 Å². The second-order valence-electron chi connectivity index (χ2n) is 5.03. The molecule has 0 radical (unpaired) electrons. The van der Waals surface area contributed by atoms with Crippen LogP contribution in [0.1, 0.15) is 37.4 Å². The lowest BCUT2D eigenvalue weighted by atomic mass is 10.1. The second kappa shape index (κ2) is 6.70. The van der Waals surface area contributed by atoms with Crippen LogP contribution in [-0.2, 0) is 22.5 Å². The van der Waals surface area contributed by atoms with Gasteiger partial charge in [0.2, 0.25) is 5.91 Å². The molecule has 2 rings (SSSR count). The zero-order valence-electron chi connectivity index (χ0n) is 11.8. The zero-order chi connectivity index (χ0) is 13.7. The first-order valence-electron chi connectivity index (χ1n) is 7.10. The van der Waals surface area contributed by atoms with Crippen LogP contribution in [0.25, 0.3) is 0 Å². The summed E-state index contributed by atoms with van der Waals surface area (Å²) in [5, 5.41) is 7.32. The summed E-state index contributed by atoms with van der Waals surface area (Å²) >= 11 is 0. The molecule has 1 aromatic heterocycles. The fraction of sp³-hybridized carbons (Fsp3) is 0.714. The second-order valence-corrected chi connectivity index (χ2v) is 5.03. The molecule has 1 saturated heterocycles. The van der Waals surface area contributed by atoms with E-state index in [0.29, 0.717) is 13.0 Å². The lowest BCUT2D eigenvalue weighted by Crippen LogP contribution is -2.31. The van der Waals surface area contributed by atoms with Gasteiger partial charge >= 0.3 is 0 Å². The van der Waals surface area contributed by atoms with Gasteiger partial charge < -0.3 is 10.1 Å². The average Bonchev–Trinajstić information content (AvgIpc) is 3.03. The number of aryl methyl sites for hydroxylation is 3. The Morgan fingerprint density at radius 1 is 1.63 bits per heavy atom. The van der Waals surface area contributed by atoms with E-state index in [9.17, 15) is 4.79 Å². The number of aromatic nitrogens is 2. The van der Waals surface area contributed by atoms with E-state index in [-0.39, 0.29) is 12.0 Å². The number of carbonyl (C=O) groups is 1. The monoisotopic (exact) mass is 265 g/mol. The molecule has 1 N–H and O–H groups in total. The van der Waals surface area contributed by atoms with Crippen LogP contribution in [-0.4, -0.2) is 34.9 Å². The fourth-order valence-corrected chi connectivity index (χ4v) is 2.34. The first-order valence-corrected chi connectivity index (χ1v) is 7.10. The van der Waals surface area contributed by atoms with Gasteiger partial charge in [-0.1, -0.05) is 0 Å². The molecule has 1 amide bonds. The number of hydrogen-bond acceptors (Lipinski definition) is 3. The highest BCUT2D eigenvalue weighted by molar-refractivity contribution is 5.76. The first-order chi connectivity index (χ1) is 9.19. The largest absolute Gasteiger partial charge is 0.376 e. The molecule has 1 atom stereocenters. The van der Waals surface area contributed by atoms with E-state index in [1.54, 1.807) is 0 Å². The summed E-state index contributed by atoms with van der Waals surface area (Å²) < 4.78 is 7.39. The van der Waals surface area contributed by atoms with Crippen molar-refractivity contribution in [1.82, 2.24) is 15.1 Å². The summed E-state index contributed by atoms with van der Waals surface area (Å²) in [4.78, 5) is 11.8. The third-order valence-electron chi connectivity index (χ3n) is 3.54. The van der Waals surface area contributed by atoms with E-state index in [4.69, 9.17) is 4.74 Å². The molecule has 0 spiro atoms. The molecule has 2 heterocycles. The van der Waals surface area contributed by atoms with Crippen molar-refractivity contribution in [2.75, 3.05) is 13.2 Å². The van der Waals surface area contributed by atoms with Crippen LogP contribution in [0.5, 0.6) is 0 Å². The van der Waals surface area contributed by atoms with Gasteiger partial charge in [0.05, 0.1) is 11.8 Å². The molecule has 1 aliphatic rings. The Labute approximate surface area is 114 Å². The van der Waals surface area contributed by atoms with Crippen molar-refractivity contribution in [1.29, 1.82) is 0 Å². The number of nitrogens with zero attached hydrogens (tertiary/aromatic N) is 2. The Bertz CT molecular complexity index is 422. The fourth-order valence-electron chi connectivity index (χ4n) is 2.34. The minimum atomic E-state index is 0.0964. The zero-order valence-corrected chi connectivity index (χ0v) is 11.8. The van der Waals surface area contributed by atoms with Gasteiger partial charge in [-0.15, -0.1) is 0 Å². The number of carbonyl (C=O) groups excluding carboxylic acids is 1. The van der Waals surface area contributed by atoms with Gasteiger partial charge in [-0.05, 0) is 38.7 Å². The number of hydrogen-bond donors (Lipinski definition) is 1. The van der Waals surface area contributed by atoms with Gasteiger partial charge in [0.1, 0.15) is 0 Å². The molecule has 0 bridgehead atoms. The lowest BCUT2D eigenvalue weighted by molar-refractivity contribution is -0.121. The standard InChI is InChI=1S/C14H23N3O2/c1-3-17-10-12(11(2)16-17)6-7-14(18)15-9-13-5-4-8-19-13/h10,13H,3-9H2,1-2H3,(H,15,18)/t13-/m0/s1. The third-order valence-corrected chi connectivity index (χ3v) is 3.54. The summed E-state index contributed by atoms with van der Waals surface area (Å²) in [5.74, 6) is 0.0964. The summed E-state index contributed by atoms with van der Waals surface area (Å²) in [7, 11) is 0. The maximum atomic E-state index is 11.8. The molecule has 0 aliphatic carbocycles. The van der Waals surface area contributed by atoms with Crippen LogP contribution in [0.3, 0.4) is 0 Å². The van der Waals surface area contributed by atoms with E-state index in [2.05, 4.69) is 17.3 Å². The maximum absolute atomic E-state index is 11.8. The Morgan fingerprint density at radius 3 is 3.11 bits per heavy atom. The Hall–Kier alpha value is -1.36. The Kier molecular flexibility index (Phi) is 4.96.